The Hall–Kier alpha value is -2.74. The average Bonchev–Trinajstić information content (AvgIpc) is 2.64. The van der Waals surface area contributed by atoms with Crippen molar-refractivity contribution in [3.8, 4) is 11.5 Å². The van der Waals surface area contributed by atoms with E-state index in [-0.39, 0.29) is 19.0 Å². The van der Waals surface area contributed by atoms with Gasteiger partial charge in [0.25, 0.3) is 5.91 Å². The van der Waals surface area contributed by atoms with E-state index in [1.807, 2.05) is 44.2 Å². The molecule has 1 atom stereocenters. The normalized spacial score (nSPS) is 16.1. The fraction of sp³-hybridized carbons (Fsp3) is 0.350. The van der Waals surface area contributed by atoms with Gasteiger partial charge < -0.3 is 14.8 Å². The van der Waals surface area contributed by atoms with Crippen LogP contribution in [0.25, 0.3) is 0 Å². The van der Waals surface area contributed by atoms with Crippen LogP contribution in [0.5, 0.6) is 11.5 Å². The number of anilines is 1. The monoisotopic (exact) mass is 404 g/mol. The van der Waals surface area contributed by atoms with Crippen LogP contribution in [0.15, 0.2) is 42.5 Å². The Morgan fingerprint density at radius 2 is 2.00 bits per heavy atom. The van der Waals surface area contributed by atoms with E-state index in [1.165, 1.54) is 4.31 Å². The fourth-order valence-corrected chi connectivity index (χ4v) is 3.89. The zero-order chi connectivity index (χ0) is 20.3. The van der Waals surface area contributed by atoms with E-state index in [4.69, 9.17) is 9.47 Å². The van der Waals surface area contributed by atoms with E-state index < -0.39 is 16.1 Å². The van der Waals surface area contributed by atoms with Gasteiger partial charge in [-0.05, 0) is 43.2 Å². The van der Waals surface area contributed by atoms with Gasteiger partial charge in [-0.15, -0.1) is 0 Å². The van der Waals surface area contributed by atoms with E-state index in [0.717, 1.165) is 23.1 Å². The third-order valence-electron chi connectivity index (χ3n) is 4.43. The topological polar surface area (TPSA) is 84.9 Å². The second-order valence-electron chi connectivity index (χ2n) is 6.78. The molecule has 28 heavy (non-hydrogen) atoms. The van der Waals surface area contributed by atoms with Crippen LogP contribution >= 0.6 is 0 Å². The predicted octanol–water partition coefficient (Wildman–Crippen LogP) is 2.03. The molecule has 8 heteroatoms. The number of rotatable bonds is 6. The number of amides is 1. The molecule has 2 aromatic rings. The zero-order valence-corrected chi connectivity index (χ0v) is 17.0. The maximum Gasteiger partial charge on any atom is 0.263 e. The number of nitrogens with one attached hydrogen (secondary N) is 1. The van der Waals surface area contributed by atoms with Crippen molar-refractivity contribution in [3.63, 3.8) is 0 Å². The van der Waals surface area contributed by atoms with Crippen molar-refractivity contribution >= 4 is 21.6 Å². The average molecular weight is 404 g/mol. The SMILES string of the molecule is Cc1ccc2c(c1)O[C@H](C(=O)NCCOc1ccccc1C)CN2S(C)(=O)=O. The van der Waals surface area contributed by atoms with Gasteiger partial charge in [0, 0.05) is 0 Å². The Labute approximate surface area is 165 Å². The molecule has 0 spiro atoms. The first-order valence-corrected chi connectivity index (χ1v) is 10.8. The number of para-hydroxylation sites is 1. The van der Waals surface area contributed by atoms with E-state index in [1.54, 1.807) is 12.1 Å². The smallest absolute Gasteiger partial charge is 0.263 e. The Bertz CT molecular complexity index is 974. The van der Waals surface area contributed by atoms with Crippen LogP contribution in [0.3, 0.4) is 0 Å². The summed E-state index contributed by atoms with van der Waals surface area (Å²) in [4.78, 5) is 12.5. The maximum atomic E-state index is 12.5. The minimum Gasteiger partial charge on any atom is -0.491 e. The first kappa shape index (κ1) is 20.0. The highest BCUT2D eigenvalue weighted by Gasteiger charge is 2.34. The van der Waals surface area contributed by atoms with Crippen molar-refractivity contribution in [2.75, 3.05) is 30.3 Å². The van der Waals surface area contributed by atoms with Crippen LogP contribution in [0, 0.1) is 13.8 Å². The Balaban J connectivity index is 1.63. The first-order chi connectivity index (χ1) is 13.3. The van der Waals surface area contributed by atoms with Gasteiger partial charge in [-0.2, -0.15) is 0 Å². The summed E-state index contributed by atoms with van der Waals surface area (Å²) in [6, 6.07) is 12.9. The molecule has 0 saturated heterocycles. The molecule has 0 radical (unpaired) electrons. The summed E-state index contributed by atoms with van der Waals surface area (Å²) in [6.07, 6.45) is 0.190. The third kappa shape index (κ3) is 4.56. The summed E-state index contributed by atoms with van der Waals surface area (Å²) < 4.78 is 37.0. The number of sulfonamides is 1. The highest BCUT2D eigenvalue weighted by atomic mass is 32.2. The molecular formula is C20H24N2O5S. The maximum absolute atomic E-state index is 12.5. The molecule has 1 aliphatic rings. The van der Waals surface area contributed by atoms with Crippen molar-refractivity contribution < 1.29 is 22.7 Å². The number of carbonyl (C=O) groups is 1. The molecule has 0 saturated carbocycles. The molecule has 1 heterocycles. The summed E-state index contributed by atoms with van der Waals surface area (Å²) in [5.41, 5.74) is 2.38. The lowest BCUT2D eigenvalue weighted by Gasteiger charge is -2.34. The Morgan fingerprint density at radius 3 is 2.71 bits per heavy atom. The molecule has 2 aromatic carbocycles. The molecule has 0 fully saturated rings. The molecule has 7 nitrogen and oxygen atoms in total. The number of benzene rings is 2. The molecule has 1 aliphatic heterocycles. The molecule has 1 amide bonds. The van der Waals surface area contributed by atoms with Crippen molar-refractivity contribution in [3.05, 3.63) is 53.6 Å². The zero-order valence-electron chi connectivity index (χ0n) is 16.1. The van der Waals surface area contributed by atoms with Crippen molar-refractivity contribution in [1.29, 1.82) is 0 Å². The summed E-state index contributed by atoms with van der Waals surface area (Å²) in [6.45, 7) is 4.34. The first-order valence-electron chi connectivity index (χ1n) is 8.97. The van der Waals surface area contributed by atoms with Gasteiger partial charge in [0.1, 0.15) is 18.1 Å². The van der Waals surface area contributed by atoms with Gasteiger partial charge in [-0.25, -0.2) is 8.42 Å². The largest absolute Gasteiger partial charge is 0.491 e. The van der Waals surface area contributed by atoms with Gasteiger partial charge in [0.15, 0.2) is 6.10 Å². The number of hydrogen-bond donors (Lipinski definition) is 1. The summed E-state index contributed by atoms with van der Waals surface area (Å²) in [5.74, 6) is 0.764. The third-order valence-corrected chi connectivity index (χ3v) is 5.58. The fourth-order valence-electron chi connectivity index (χ4n) is 2.98. The van der Waals surface area contributed by atoms with E-state index >= 15 is 0 Å². The number of fused-ring (bicyclic) bond motifs is 1. The highest BCUT2D eigenvalue weighted by molar-refractivity contribution is 7.92. The van der Waals surface area contributed by atoms with Gasteiger partial charge >= 0.3 is 0 Å². The van der Waals surface area contributed by atoms with Gasteiger partial charge in [0.05, 0.1) is 25.0 Å². The van der Waals surface area contributed by atoms with Gasteiger partial charge in [0.2, 0.25) is 10.0 Å². The molecule has 0 aliphatic carbocycles. The van der Waals surface area contributed by atoms with Crippen molar-refractivity contribution in [1.82, 2.24) is 5.32 Å². The number of hydrogen-bond acceptors (Lipinski definition) is 5. The second kappa shape index (κ2) is 8.10. The predicted molar refractivity (Wildman–Crippen MR) is 107 cm³/mol. The van der Waals surface area contributed by atoms with E-state index in [0.29, 0.717) is 18.0 Å². The Morgan fingerprint density at radius 1 is 1.25 bits per heavy atom. The second-order valence-corrected chi connectivity index (χ2v) is 8.68. The number of nitrogens with zero attached hydrogens (tertiary/aromatic N) is 1. The molecule has 3 rings (SSSR count). The molecular weight excluding hydrogens is 380 g/mol. The van der Waals surface area contributed by atoms with E-state index in [2.05, 4.69) is 5.32 Å². The molecule has 0 aromatic heterocycles. The summed E-state index contributed by atoms with van der Waals surface area (Å²) in [5, 5.41) is 2.75. The minimum absolute atomic E-state index is 0.0701. The van der Waals surface area contributed by atoms with E-state index in [9.17, 15) is 13.2 Å². The van der Waals surface area contributed by atoms with Crippen molar-refractivity contribution in [2.45, 2.75) is 20.0 Å². The van der Waals surface area contributed by atoms with Crippen LogP contribution in [-0.4, -0.2) is 46.4 Å². The highest BCUT2D eigenvalue weighted by Crippen LogP contribution is 2.35. The summed E-state index contributed by atoms with van der Waals surface area (Å²) in [7, 11) is -3.54. The molecule has 0 unspecified atom stereocenters. The van der Waals surface area contributed by atoms with Crippen LogP contribution in [0.2, 0.25) is 0 Å². The van der Waals surface area contributed by atoms with Crippen molar-refractivity contribution in [2.24, 2.45) is 0 Å². The van der Waals surface area contributed by atoms with Crippen LogP contribution in [0.1, 0.15) is 11.1 Å². The Kier molecular flexibility index (Phi) is 5.79. The lowest BCUT2D eigenvalue weighted by atomic mass is 10.1. The standard InChI is InChI=1S/C20H24N2O5S/c1-14-8-9-16-18(12-14)27-19(13-22(16)28(3,24)25)20(23)21-10-11-26-17-7-5-4-6-15(17)2/h4-9,12,19H,10-11,13H2,1-3H3,(H,21,23)/t19-/m0/s1. The number of carbonyl (C=O) groups excluding carboxylic acids is 1. The minimum atomic E-state index is -3.54. The number of aryl methyl sites for hydroxylation is 2. The van der Waals surface area contributed by atoms with Crippen LogP contribution < -0.4 is 19.1 Å². The quantitative estimate of drug-likeness (QED) is 0.745. The molecule has 1 N–H and O–H groups in total. The van der Waals surface area contributed by atoms with Gasteiger partial charge in [-0.3, -0.25) is 9.10 Å². The van der Waals surface area contributed by atoms with Gasteiger partial charge in [-0.1, -0.05) is 24.3 Å². The summed E-state index contributed by atoms with van der Waals surface area (Å²) >= 11 is 0. The lowest BCUT2D eigenvalue weighted by Crippen LogP contribution is -2.51. The molecule has 150 valence electrons. The van der Waals surface area contributed by atoms with Crippen LogP contribution in [0.4, 0.5) is 5.69 Å². The lowest BCUT2D eigenvalue weighted by molar-refractivity contribution is -0.127. The molecule has 0 bridgehead atoms. The number of ether oxygens (including phenoxy) is 2. The van der Waals surface area contributed by atoms with Crippen LogP contribution in [-0.2, 0) is 14.8 Å².